The second kappa shape index (κ2) is 4.19. The third-order valence-corrected chi connectivity index (χ3v) is 3.00. The Morgan fingerprint density at radius 2 is 2.10 bits per heavy atom. The first kappa shape index (κ1) is 12.4. The molecular formula is C14H13N3O3. The van der Waals surface area contributed by atoms with Crippen molar-refractivity contribution in [3.63, 3.8) is 0 Å². The highest BCUT2D eigenvalue weighted by Crippen LogP contribution is 2.35. The Balaban J connectivity index is 2.28. The number of ether oxygens (including phenoxy) is 1. The van der Waals surface area contributed by atoms with Gasteiger partial charge in [-0.3, -0.25) is 19.3 Å². The molecule has 1 aliphatic heterocycles. The van der Waals surface area contributed by atoms with Crippen LogP contribution in [0.2, 0.25) is 0 Å². The van der Waals surface area contributed by atoms with E-state index in [-0.39, 0.29) is 0 Å². The second-order valence-corrected chi connectivity index (χ2v) is 5.09. The van der Waals surface area contributed by atoms with E-state index in [1.54, 1.807) is 18.5 Å². The van der Waals surface area contributed by atoms with Gasteiger partial charge in [-0.1, -0.05) is 0 Å². The van der Waals surface area contributed by atoms with Gasteiger partial charge in [0, 0.05) is 24.7 Å². The van der Waals surface area contributed by atoms with Gasteiger partial charge in [0.25, 0.3) is 5.56 Å². The van der Waals surface area contributed by atoms with E-state index >= 15 is 0 Å². The second-order valence-electron chi connectivity index (χ2n) is 5.09. The lowest BCUT2D eigenvalue weighted by Crippen LogP contribution is -2.34. The molecule has 102 valence electrons. The molecule has 6 heteroatoms. The van der Waals surface area contributed by atoms with Crippen molar-refractivity contribution in [1.29, 1.82) is 0 Å². The molecule has 2 aromatic rings. The molecule has 6 nitrogen and oxygen atoms in total. The number of hydrogen-bond acceptors (Lipinski definition) is 4. The maximum Gasteiger partial charge on any atom is 0.332 e. The molecule has 0 atom stereocenters. The Bertz CT molecular complexity index is 815. The predicted molar refractivity (Wildman–Crippen MR) is 73.6 cm³/mol. The van der Waals surface area contributed by atoms with E-state index in [1.165, 1.54) is 16.8 Å². The molecule has 1 N–H and O–H groups in total. The quantitative estimate of drug-likeness (QED) is 0.839. The van der Waals surface area contributed by atoms with Crippen LogP contribution in [0.25, 0.3) is 5.70 Å². The fourth-order valence-corrected chi connectivity index (χ4v) is 2.19. The van der Waals surface area contributed by atoms with Gasteiger partial charge in [-0.25, -0.2) is 4.79 Å². The van der Waals surface area contributed by atoms with Crippen LogP contribution in [0.3, 0.4) is 0 Å². The third-order valence-electron chi connectivity index (χ3n) is 3.00. The minimum Gasteiger partial charge on any atom is -0.483 e. The molecule has 20 heavy (non-hydrogen) atoms. The first-order chi connectivity index (χ1) is 9.46. The molecule has 0 aromatic carbocycles. The summed E-state index contributed by atoms with van der Waals surface area (Å²) in [7, 11) is 0. The van der Waals surface area contributed by atoms with Crippen molar-refractivity contribution in [3.8, 4) is 5.75 Å². The standard InChI is InChI=1S/C14H13N3O3/c1-14(2)7-10(9-8-15-5-3-11(9)20-14)17-6-4-12(18)16-13(17)19/h3-8H,1-2H3,(H,16,18,19). The Morgan fingerprint density at radius 1 is 1.30 bits per heavy atom. The summed E-state index contributed by atoms with van der Waals surface area (Å²) >= 11 is 0. The molecule has 0 bridgehead atoms. The Labute approximate surface area is 114 Å². The summed E-state index contributed by atoms with van der Waals surface area (Å²) in [4.78, 5) is 29.4. The number of fused-ring (bicyclic) bond motifs is 1. The first-order valence-corrected chi connectivity index (χ1v) is 6.15. The molecule has 0 fully saturated rings. The molecule has 0 radical (unpaired) electrons. The van der Waals surface area contributed by atoms with Gasteiger partial charge < -0.3 is 4.74 Å². The van der Waals surface area contributed by atoms with Crippen molar-refractivity contribution in [2.24, 2.45) is 0 Å². The van der Waals surface area contributed by atoms with E-state index in [4.69, 9.17) is 4.74 Å². The van der Waals surface area contributed by atoms with E-state index in [0.717, 1.165) is 0 Å². The average molecular weight is 271 g/mol. The van der Waals surface area contributed by atoms with E-state index in [9.17, 15) is 9.59 Å². The van der Waals surface area contributed by atoms with Crippen LogP contribution in [0.5, 0.6) is 5.75 Å². The summed E-state index contributed by atoms with van der Waals surface area (Å²) in [6.07, 6.45) is 6.54. The summed E-state index contributed by atoms with van der Waals surface area (Å²) in [5.41, 5.74) is -0.119. The minimum absolute atomic E-state index is 0.426. The zero-order valence-electron chi connectivity index (χ0n) is 11.1. The Morgan fingerprint density at radius 3 is 2.85 bits per heavy atom. The summed E-state index contributed by atoms with van der Waals surface area (Å²) < 4.78 is 7.21. The van der Waals surface area contributed by atoms with Gasteiger partial charge in [0.2, 0.25) is 0 Å². The van der Waals surface area contributed by atoms with Gasteiger partial charge in [0.05, 0.1) is 11.3 Å². The molecule has 3 rings (SSSR count). The van der Waals surface area contributed by atoms with Crippen LogP contribution in [-0.2, 0) is 0 Å². The van der Waals surface area contributed by atoms with Gasteiger partial charge in [-0.15, -0.1) is 0 Å². The van der Waals surface area contributed by atoms with E-state index in [0.29, 0.717) is 17.0 Å². The van der Waals surface area contributed by atoms with Crippen LogP contribution in [0.1, 0.15) is 19.4 Å². The van der Waals surface area contributed by atoms with Crippen molar-refractivity contribution in [2.75, 3.05) is 0 Å². The molecule has 0 spiro atoms. The Hall–Kier alpha value is -2.63. The molecule has 0 amide bonds. The van der Waals surface area contributed by atoms with Crippen LogP contribution in [0, 0.1) is 0 Å². The summed E-state index contributed by atoms with van der Waals surface area (Å²) in [6.45, 7) is 3.79. The Kier molecular flexibility index (Phi) is 2.60. The molecule has 2 aromatic heterocycles. The molecule has 1 aliphatic rings. The molecule has 0 unspecified atom stereocenters. The average Bonchev–Trinajstić information content (AvgIpc) is 2.37. The number of H-pyrrole nitrogens is 1. The van der Waals surface area contributed by atoms with Crippen LogP contribution in [0.4, 0.5) is 0 Å². The van der Waals surface area contributed by atoms with Crippen molar-refractivity contribution in [2.45, 2.75) is 19.4 Å². The SMILES string of the molecule is CC1(C)C=C(n2ccc(=O)[nH]c2=O)c2cnccc2O1. The molecular weight excluding hydrogens is 258 g/mol. The topological polar surface area (TPSA) is 77.0 Å². The number of pyridine rings is 1. The fraction of sp³-hybridized carbons (Fsp3) is 0.214. The highest BCUT2D eigenvalue weighted by molar-refractivity contribution is 5.72. The third kappa shape index (κ3) is 2.05. The smallest absolute Gasteiger partial charge is 0.332 e. The number of rotatable bonds is 1. The number of aromatic nitrogens is 3. The van der Waals surface area contributed by atoms with Gasteiger partial charge in [0.15, 0.2) is 0 Å². The normalized spacial score (nSPS) is 16.0. The first-order valence-electron chi connectivity index (χ1n) is 6.15. The number of nitrogens with zero attached hydrogens (tertiary/aromatic N) is 2. The minimum atomic E-state index is -0.556. The van der Waals surface area contributed by atoms with E-state index in [2.05, 4.69) is 9.97 Å². The van der Waals surface area contributed by atoms with Crippen molar-refractivity contribution >= 4 is 5.70 Å². The highest BCUT2D eigenvalue weighted by atomic mass is 16.5. The van der Waals surface area contributed by atoms with Crippen LogP contribution >= 0.6 is 0 Å². The summed E-state index contributed by atoms with van der Waals surface area (Å²) in [6, 6.07) is 3.06. The van der Waals surface area contributed by atoms with E-state index in [1.807, 2.05) is 19.9 Å². The lowest BCUT2D eigenvalue weighted by molar-refractivity contribution is 0.157. The largest absolute Gasteiger partial charge is 0.483 e. The lowest BCUT2D eigenvalue weighted by atomic mass is 10.0. The van der Waals surface area contributed by atoms with Gasteiger partial charge >= 0.3 is 5.69 Å². The van der Waals surface area contributed by atoms with Crippen molar-refractivity contribution < 1.29 is 4.74 Å². The lowest BCUT2D eigenvalue weighted by Gasteiger charge is -2.30. The molecule has 0 saturated heterocycles. The van der Waals surface area contributed by atoms with Crippen LogP contribution in [0.15, 0.2) is 46.4 Å². The van der Waals surface area contributed by atoms with Gasteiger partial charge in [0.1, 0.15) is 11.4 Å². The zero-order chi connectivity index (χ0) is 14.3. The predicted octanol–water partition coefficient (Wildman–Crippen LogP) is 0.992. The van der Waals surface area contributed by atoms with Gasteiger partial charge in [-0.05, 0) is 26.0 Å². The summed E-state index contributed by atoms with van der Waals surface area (Å²) in [5, 5.41) is 0. The molecule has 0 aliphatic carbocycles. The summed E-state index contributed by atoms with van der Waals surface area (Å²) in [5.74, 6) is 0.653. The maximum absolute atomic E-state index is 12.0. The monoisotopic (exact) mass is 271 g/mol. The number of aromatic amines is 1. The zero-order valence-corrected chi connectivity index (χ0v) is 11.1. The molecule has 0 saturated carbocycles. The fourth-order valence-electron chi connectivity index (χ4n) is 2.19. The maximum atomic E-state index is 12.0. The van der Waals surface area contributed by atoms with Crippen molar-refractivity contribution in [1.82, 2.24) is 14.5 Å². The number of nitrogens with one attached hydrogen (secondary N) is 1. The van der Waals surface area contributed by atoms with Crippen LogP contribution in [-0.4, -0.2) is 20.1 Å². The van der Waals surface area contributed by atoms with Gasteiger partial charge in [-0.2, -0.15) is 0 Å². The number of hydrogen-bond donors (Lipinski definition) is 1. The van der Waals surface area contributed by atoms with E-state index < -0.39 is 16.9 Å². The molecule has 3 heterocycles. The van der Waals surface area contributed by atoms with Crippen molar-refractivity contribution in [3.05, 3.63) is 63.2 Å². The highest BCUT2D eigenvalue weighted by Gasteiger charge is 2.27. The van der Waals surface area contributed by atoms with Crippen LogP contribution < -0.4 is 16.0 Å².